The summed E-state index contributed by atoms with van der Waals surface area (Å²) in [7, 11) is 0. The molecule has 21 heavy (non-hydrogen) atoms. The number of nitrogens with zero attached hydrogens (tertiary/aromatic N) is 1. The van der Waals surface area contributed by atoms with Crippen LogP contribution < -0.4 is 5.73 Å². The normalized spacial score (nSPS) is 26.5. The second-order valence-electron chi connectivity index (χ2n) is 6.90. The van der Waals surface area contributed by atoms with Crippen molar-refractivity contribution < 1.29 is 0 Å². The highest BCUT2D eigenvalue weighted by molar-refractivity contribution is 5.15. The zero-order valence-electron chi connectivity index (χ0n) is 14.0. The number of rotatable bonds is 6. The minimum absolute atomic E-state index is 0.191. The Kier molecular flexibility index (Phi) is 5.83. The fourth-order valence-electron chi connectivity index (χ4n) is 4.37. The van der Waals surface area contributed by atoms with Crippen molar-refractivity contribution in [2.75, 3.05) is 13.1 Å². The van der Waals surface area contributed by atoms with Crippen LogP contribution in [0.4, 0.5) is 0 Å². The maximum Gasteiger partial charge on any atom is 0.0365 e. The van der Waals surface area contributed by atoms with Crippen molar-refractivity contribution >= 4 is 0 Å². The minimum atomic E-state index is 0.191. The fourth-order valence-corrected chi connectivity index (χ4v) is 4.37. The van der Waals surface area contributed by atoms with Crippen LogP contribution in [-0.4, -0.2) is 23.5 Å². The van der Waals surface area contributed by atoms with E-state index in [9.17, 15) is 0 Å². The Morgan fingerprint density at radius 3 is 2.52 bits per heavy atom. The van der Waals surface area contributed by atoms with Gasteiger partial charge in [-0.05, 0) is 36.8 Å². The fraction of sp³-hybridized carbons (Fsp3) is 0.684. The van der Waals surface area contributed by atoms with Gasteiger partial charge in [0.15, 0.2) is 0 Å². The molecular formula is C19H32N2. The monoisotopic (exact) mass is 288 g/mol. The number of nitrogens with two attached hydrogens (primary N) is 1. The maximum atomic E-state index is 6.35. The van der Waals surface area contributed by atoms with Crippen LogP contribution in [0.1, 0.15) is 52.0 Å². The first kappa shape index (κ1) is 16.5. The summed E-state index contributed by atoms with van der Waals surface area (Å²) >= 11 is 0. The molecule has 2 unspecified atom stereocenters. The van der Waals surface area contributed by atoms with Gasteiger partial charge in [-0.3, -0.25) is 4.90 Å². The Morgan fingerprint density at radius 1 is 1.24 bits per heavy atom. The third kappa shape index (κ3) is 3.49. The molecule has 2 N–H and O–H groups in total. The smallest absolute Gasteiger partial charge is 0.0365 e. The summed E-state index contributed by atoms with van der Waals surface area (Å²) in [5, 5.41) is 0. The maximum absolute atomic E-state index is 6.35. The van der Waals surface area contributed by atoms with E-state index < -0.39 is 0 Å². The van der Waals surface area contributed by atoms with Gasteiger partial charge in [0.05, 0.1) is 0 Å². The Bertz CT molecular complexity index is 415. The molecule has 1 aromatic rings. The van der Waals surface area contributed by atoms with E-state index in [1.54, 1.807) is 0 Å². The summed E-state index contributed by atoms with van der Waals surface area (Å²) in [6.07, 6.45) is 5.28. The second kappa shape index (κ2) is 7.42. The zero-order chi connectivity index (χ0) is 15.3. The van der Waals surface area contributed by atoms with E-state index in [0.29, 0.717) is 5.92 Å². The molecule has 0 bridgehead atoms. The van der Waals surface area contributed by atoms with Crippen molar-refractivity contribution in [3.05, 3.63) is 35.9 Å². The summed E-state index contributed by atoms with van der Waals surface area (Å²) in [5.74, 6) is 1.43. The lowest BCUT2D eigenvalue weighted by Gasteiger charge is -2.52. The van der Waals surface area contributed by atoms with E-state index in [1.165, 1.54) is 31.2 Å². The molecule has 0 aliphatic heterocycles. The molecule has 1 aliphatic carbocycles. The highest BCUT2D eigenvalue weighted by Gasteiger charge is 2.44. The molecule has 0 heterocycles. The molecule has 2 heteroatoms. The molecule has 1 aromatic carbocycles. The SMILES string of the molecule is CCN(Cc1ccccc1)C1(CN)CCCCC1C(C)C. The van der Waals surface area contributed by atoms with Gasteiger partial charge in [0.1, 0.15) is 0 Å². The molecule has 0 radical (unpaired) electrons. The molecule has 2 rings (SSSR count). The lowest BCUT2D eigenvalue weighted by atomic mass is 9.66. The second-order valence-corrected chi connectivity index (χ2v) is 6.90. The van der Waals surface area contributed by atoms with Gasteiger partial charge in [-0.25, -0.2) is 0 Å². The van der Waals surface area contributed by atoms with Crippen LogP contribution in [0.2, 0.25) is 0 Å². The summed E-state index contributed by atoms with van der Waals surface area (Å²) in [5.41, 5.74) is 7.95. The first-order chi connectivity index (χ1) is 10.1. The largest absolute Gasteiger partial charge is 0.329 e. The Hall–Kier alpha value is -0.860. The topological polar surface area (TPSA) is 29.3 Å². The van der Waals surface area contributed by atoms with E-state index in [0.717, 1.165) is 25.6 Å². The van der Waals surface area contributed by atoms with Crippen LogP contribution in [0.5, 0.6) is 0 Å². The van der Waals surface area contributed by atoms with Gasteiger partial charge in [-0.1, -0.05) is 63.9 Å². The van der Waals surface area contributed by atoms with Crippen LogP contribution >= 0.6 is 0 Å². The van der Waals surface area contributed by atoms with Gasteiger partial charge in [0, 0.05) is 18.6 Å². The molecule has 0 saturated heterocycles. The highest BCUT2D eigenvalue weighted by Crippen LogP contribution is 2.42. The van der Waals surface area contributed by atoms with E-state index in [1.807, 2.05) is 0 Å². The first-order valence-corrected chi connectivity index (χ1v) is 8.63. The summed E-state index contributed by atoms with van der Waals surface area (Å²) in [4.78, 5) is 2.66. The lowest BCUT2D eigenvalue weighted by molar-refractivity contribution is -0.0164. The van der Waals surface area contributed by atoms with Crippen LogP contribution in [0, 0.1) is 11.8 Å². The molecule has 118 valence electrons. The zero-order valence-corrected chi connectivity index (χ0v) is 14.0. The third-order valence-electron chi connectivity index (χ3n) is 5.45. The summed E-state index contributed by atoms with van der Waals surface area (Å²) in [6, 6.07) is 10.8. The molecule has 1 fully saturated rings. The molecule has 0 aromatic heterocycles. The molecule has 1 aliphatic rings. The number of hydrogen-bond acceptors (Lipinski definition) is 2. The van der Waals surface area contributed by atoms with Gasteiger partial charge in [0.2, 0.25) is 0 Å². The van der Waals surface area contributed by atoms with Crippen molar-refractivity contribution in [2.24, 2.45) is 17.6 Å². The van der Waals surface area contributed by atoms with Crippen LogP contribution in [0.25, 0.3) is 0 Å². The molecule has 0 spiro atoms. The number of likely N-dealkylation sites (N-methyl/N-ethyl adjacent to an activating group) is 1. The summed E-state index contributed by atoms with van der Waals surface area (Å²) < 4.78 is 0. The van der Waals surface area contributed by atoms with Gasteiger partial charge >= 0.3 is 0 Å². The predicted octanol–water partition coefficient (Wildman–Crippen LogP) is 4.05. The lowest BCUT2D eigenvalue weighted by Crippen LogP contribution is -2.60. The van der Waals surface area contributed by atoms with Crippen molar-refractivity contribution in [1.82, 2.24) is 4.90 Å². The molecular weight excluding hydrogens is 256 g/mol. The number of benzene rings is 1. The average molecular weight is 288 g/mol. The number of hydrogen-bond donors (Lipinski definition) is 1. The van der Waals surface area contributed by atoms with Crippen molar-refractivity contribution in [3.8, 4) is 0 Å². The standard InChI is InChI=1S/C19H32N2/c1-4-21(14-17-10-6-5-7-11-17)19(15-20)13-9-8-12-18(19)16(2)3/h5-7,10-11,16,18H,4,8-9,12-15,20H2,1-3H3. The van der Waals surface area contributed by atoms with E-state index >= 15 is 0 Å². The highest BCUT2D eigenvalue weighted by atomic mass is 15.2. The predicted molar refractivity (Wildman–Crippen MR) is 91.1 cm³/mol. The first-order valence-electron chi connectivity index (χ1n) is 8.63. The van der Waals surface area contributed by atoms with E-state index in [4.69, 9.17) is 5.73 Å². The van der Waals surface area contributed by atoms with Gasteiger partial charge in [0.25, 0.3) is 0 Å². The Morgan fingerprint density at radius 2 is 1.95 bits per heavy atom. The Balaban J connectivity index is 2.26. The van der Waals surface area contributed by atoms with Crippen molar-refractivity contribution in [1.29, 1.82) is 0 Å². The van der Waals surface area contributed by atoms with Crippen molar-refractivity contribution in [2.45, 2.75) is 58.5 Å². The molecule has 0 amide bonds. The van der Waals surface area contributed by atoms with E-state index in [2.05, 4.69) is 56.0 Å². The minimum Gasteiger partial charge on any atom is -0.329 e. The van der Waals surface area contributed by atoms with E-state index in [-0.39, 0.29) is 5.54 Å². The van der Waals surface area contributed by atoms with Gasteiger partial charge in [-0.2, -0.15) is 0 Å². The Labute approximate surface area is 130 Å². The van der Waals surface area contributed by atoms with Crippen LogP contribution in [-0.2, 0) is 6.54 Å². The molecule has 2 atom stereocenters. The van der Waals surface area contributed by atoms with Crippen LogP contribution in [0.15, 0.2) is 30.3 Å². The van der Waals surface area contributed by atoms with Crippen molar-refractivity contribution in [3.63, 3.8) is 0 Å². The third-order valence-corrected chi connectivity index (χ3v) is 5.45. The molecule has 2 nitrogen and oxygen atoms in total. The van der Waals surface area contributed by atoms with Gasteiger partial charge in [-0.15, -0.1) is 0 Å². The average Bonchev–Trinajstić information content (AvgIpc) is 2.53. The van der Waals surface area contributed by atoms with Crippen LogP contribution in [0.3, 0.4) is 0 Å². The molecule has 1 saturated carbocycles. The quantitative estimate of drug-likeness (QED) is 0.855. The summed E-state index contributed by atoms with van der Waals surface area (Å²) in [6.45, 7) is 9.92. The van der Waals surface area contributed by atoms with Gasteiger partial charge < -0.3 is 5.73 Å².